The molecular weight excluding hydrogens is 401 g/mol. The summed E-state index contributed by atoms with van der Waals surface area (Å²) in [6.07, 6.45) is 3.72. The summed E-state index contributed by atoms with van der Waals surface area (Å²) >= 11 is 0. The van der Waals surface area contributed by atoms with Crippen LogP contribution in [0.4, 0.5) is 13.2 Å². The van der Waals surface area contributed by atoms with Gasteiger partial charge in [-0.1, -0.05) is 19.3 Å². The molecular formula is C21H29F3N2O2S. The highest BCUT2D eigenvalue weighted by Gasteiger charge is 2.44. The Bertz CT molecular complexity index is 732. The molecule has 162 valence electrons. The van der Waals surface area contributed by atoms with Crippen LogP contribution in [0.15, 0.2) is 12.3 Å². The standard InChI is InChI=1S/C21H29F3N2O2S/c22-21(23,24)18-12-17(13-25-19(18)16-4-2-1-3-5-16)28-11-10-26-8-6-20(7-9-26)14-29(27)15-20/h12-13,16H,1-11,14-15H2. The molecule has 2 aliphatic heterocycles. The van der Waals surface area contributed by atoms with Gasteiger partial charge in [-0.25, -0.2) is 0 Å². The zero-order valence-corrected chi connectivity index (χ0v) is 17.5. The third kappa shape index (κ3) is 4.95. The number of aromatic nitrogens is 1. The van der Waals surface area contributed by atoms with Crippen molar-refractivity contribution in [1.82, 2.24) is 9.88 Å². The number of hydrogen-bond acceptors (Lipinski definition) is 4. The van der Waals surface area contributed by atoms with E-state index in [4.69, 9.17) is 4.74 Å². The van der Waals surface area contributed by atoms with Crippen molar-refractivity contribution in [2.45, 2.75) is 57.0 Å². The molecule has 3 aliphatic rings. The van der Waals surface area contributed by atoms with Crippen molar-refractivity contribution in [2.24, 2.45) is 5.41 Å². The number of rotatable bonds is 5. The summed E-state index contributed by atoms with van der Waals surface area (Å²) in [6, 6.07) is 1.13. The summed E-state index contributed by atoms with van der Waals surface area (Å²) in [5.74, 6) is 1.75. The first-order valence-corrected chi connectivity index (χ1v) is 12.1. The van der Waals surface area contributed by atoms with Crippen LogP contribution in [0.5, 0.6) is 5.75 Å². The molecule has 0 amide bonds. The summed E-state index contributed by atoms with van der Waals surface area (Å²) in [4.78, 5) is 6.47. The molecule has 1 aromatic heterocycles. The Labute approximate surface area is 172 Å². The summed E-state index contributed by atoms with van der Waals surface area (Å²) in [7, 11) is -0.626. The Morgan fingerprint density at radius 3 is 2.48 bits per heavy atom. The number of likely N-dealkylation sites (tertiary alicyclic amines) is 1. The predicted octanol–water partition coefficient (Wildman–Crippen LogP) is 4.37. The number of hydrogen-bond donors (Lipinski definition) is 0. The van der Waals surface area contributed by atoms with Crippen molar-refractivity contribution in [3.8, 4) is 5.75 Å². The summed E-state index contributed by atoms with van der Waals surface area (Å²) < 4.78 is 57.9. The Balaban J connectivity index is 1.32. The first-order chi connectivity index (χ1) is 13.8. The van der Waals surface area contributed by atoms with Gasteiger partial charge in [0.05, 0.1) is 17.5 Å². The number of nitrogens with zero attached hydrogens (tertiary/aromatic N) is 2. The molecule has 1 spiro atoms. The van der Waals surface area contributed by atoms with Gasteiger partial charge in [0.25, 0.3) is 0 Å². The Morgan fingerprint density at radius 1 is 1.17 bits per heavy atom. The molecule has 1 saturated carbocycles. The van der Waals surface area contributed by atoms with Gasteiger partial charge in [0.2, 0.25) is 0 Å². The van der Waals surface area contributed by atoms with E-state index in [0.717, 1.165) is 75.6 Å². The molecule has 4 nitrogen and oxygen atoms in total. The lowest BCUT2D eigenvalue weighted by Crippen LogP contribution is -2.52. The van der Waals surface area contributed by atoms with E-state index in [-0.39, 0.29) is 22.8 Å². The van der Waals surface area contributed by atoms with Crippen LogP contribution in [0.25, 0.3) is 0 Å². The maximum absolute atomic E-state index is 13.6. The normalized spacial score (nSPS) is 23.8. The minimum Gasteiger partial charge on any atom is -0.491 e. The van der Waals surface area contributed by atoms with Gasteiger partial charge in [-0.05, 0) is 50.3 Å². The minimum absolute atomic E-state index is 0.101. The quantitative estimate of drug-likeness (QED) is 0.696. The first kappa shape index (κ1) is 21.1. The van der Waals surface area contributed by atoms with Crippen LogP contribution in [0.1, 0.15) is 62.1 Å². The van der Waals surface area contributed by atoms with Crippen LogP contribution in [0.2, 0.25) is 0 Å². The number of pyridine rings is 1. The van der Waals surface area contributed by atoms with E-state index >= 15 is 0 Å². The van der Waals surface area contributed by atoms with Gasteiger partial charge in [-0.15, -0.1) is 0 Å². The molecule has 1 aliphatic carbocycles. The van der Waals surface area contributed by atoms with E-state index in [9.17, 15) is 17.4 Å². The lowest BCUT2D eigenvalue weighted by Gasteiger charge is -2.46. The number of halogens is 3. The molecule has 0 unspecified atom stereocenters. The molecule has 1 aromatic rings. The average molecular weight is 431 g/mol. The topological polar surface area (TPSA) is 42.4 Å². The fourth-order valence-corrected chi connectivity index (χ4v) is 6.80. The molecule has 29 heavy (non-hydrogen) atoms. The second-order valence-electron chi connectivity index (χ2n) is 8.86. The van der Waals surface area contributed by atoms with Crippen LogP contribution in [-0.2, 0) is 17.0 Å². The van der Waals surface area contributed by atoms with Gasteiger partial charge in [0, 0.05) is 34.8 Å². The summed E-state index contributed by atoms with van der Waals surface area (Å²) in [5, 5.41) is 0. The molecule has 8 heteroatoms. The molecule has 4 rings (SSSR count). The second kappa shape index (κ2) is 8.53. The van der Waals surface area contributed by atoms with E-state index in [0.29, 0.717) is 13.2 Å². The zero-order chi connectivity index (χ0) is 20.5. The molecule has 0 radical (unpaired) electrons. The van der Waals surface area contributed by atoms with Crippen molar-refractivity contribution in [3.05, 3.63) is 23.5 Å². The van der Waals surface area contributed by atoms with E-state index < -0.39 is 22.5 Å². The number of alkyl halides is 3. The SMILES string of the molecule is O=S1CC2(CCN(CCOc3cnc(C4CCCCC4)c(C(F)(F)F)c3)CC2)C1. The molecule has 2 saturated heterocycles. The summed E-state index contributed by atoms with van der Waals surface area (Å²) in [6.45, 7) is 2.91. The van der Waals surface area contributed by atoms with E-state index in [2.05, 4.69) is 9.88 Å². The Kier molecular flexibility index (Phi) is 6.21. The van der Waals surface area contributed by atoms with E-state index in [1.807, 2.05) is 0 Å². The fraction of sp³-hybridized carbons (Fsp3) is 0.762. The van der Waals surface area contributed by atoms with Crippen molar-refractivity contribution < 1.29 is 22.1 Å². The minimum atomic E-state index is -4.41. The lowest BCUT2D eigenvalue weighted by atomic mass is 9.81. The highest BCUT2D eigenvalue weighted by Crippen LogP contribution is 2.41. The number of piperidine rings is 1. The van der Waals surface area contributed by atoms with Crippen LogP contribution in [-0.4, -0.2) is 51.8 Å². The number of ether oxygens (including phenoxy) is 1. The highest BCUT2D eigenvalue weighted by atomic mass is 32.2. The van der Waals surface area contributed by atoms with Gasteiger partial charge < -0.3 is 4.74 Å². The predicted molar refractivity (Wildman–Crippen MR) is 107 cm³/mol. The van der Waals surface area contributed by atoms with Crippen LogP contribution < -0.4 is 4.74 Å². The van der Waals surface area contributed by atoms with Gasteiger partial charge in [-0.2, -0.15) is 13.2 Å². The fourth-order valence-electron chi connectivity index (χ4n) is 4.94. The van der Waals surface area contributed by atoms with Crippen LogP contribution in [0, 0.1) is 5.41 Å². The largest absolute Gasteiger partial charge is 0.491 e. The second-order valence-corrected chi connectivity index (χ2v) is 10.3. The highest BCUT2D eigenvalue weighted by molar-refractivity contribution is 7.86. The van der Waals surface area contributed by atoms with Gasteiger partial charge in [0.1, 0.15) is 12.4 Å². The van der Waals surface area contributed by atoms with Gasteiger partial charge in [-0.3, -0.25) is 14.1 Å². The van der Waals surface area contributed by atoms with Crippen LogP contribution >= 0.6 is 0 Å². The Hall–Kier alpha value is -1.15. The molecule has 3 fully saturated rings. The zero-order valence-electron chi connectivity index (χ0n) is 16.7. The summed E-state index contributed by atoms with van der Waals surface area (Å²) in [5.41, 5.74) is -0.175. The maximum Gasteiger partial charge on any atom is 0.418 e. The molecule has 0 atom stereocenters. The smallest absolute Gasteiger partial charge is 0.418 e. The molecule has 0 aromatic carbocycles. The van der Waals surface area contributed by atoms with Crippen molar-refractivity contribution >= 4 is 10.8 Å². The molecule has 0 bridgehead atoms. The lowest BCUT2D eigenvalue weighted by molar-refractivity contribution is -0.138. The average Bonchev–Trinajstić information content (AvgIpc) is 2.68. The van der Waals surface area contributed by atoms with Crippen molar-refractivity contribution in [2.75, 3.05) is 37.7 Å². The third-order valence-electron chi connectivity index (χ3n) is 6.72. The van der Waals surface area contributed by atoms with E-state index in [1.54, 1.807) is 0 Å². The third-order valence-corrected chi connectivity index (χ3v) is 8.59. The molecule has 0 N–H and O–H groups in total. The monoisotopic (exact) mass is 430 g/mol. The van der Waals surface area contributed by atoms with E-state index in [1.165, 1.54) is 6.20 Å². The first-order valence-electron chi connectivity index (χ1n) is 10.6. The Morgan fingerprint density at radius 2 is 1.86 bits per heavy atom. The maximum atomic E-state index is 13.6. The van der Waals surface area contributed by atoms with Crippen molar-refractivity contribution in [1.29, 1.82) is 0 Å². The van der Waals surface area contributed by atoms with Gasteiger partial charge >= 0.3 is 6.18 Å². The van der Waals surface area contributed by atoms with Crippen molar-refractivity contribution in [3.63, 3.8) is 0 Å². The van der Waals surface area contributed by atoms with Gasteiger partial charge in [0.15, 0.2) is 0 Å². The molecule has 3 heterocycles. The van der Waals surface area contributed by atoms with Crippen LogP contribution in [0.3, 0.4) is 0 Å².